The summed E-state index contributed by atoms with van der Waals surface area (Å²) in [6, 6.07) is 2.67. The summed E-state index contributed by atoms with van der Waals surface area (Å²) in [6.07, 6.45) is -3.31. The third-order valence-electron chi connectivity index (χ3n) is 2.50. The highest BCUT2D eigenvalue weighted by Gasteiger charge is 2.28. The Balaban J connectivity index is 2.06. The summed E-state index contributed by atoms with van der Waals surface area (Å²) in [5.41, 5.74) is -0.135. The average molecular weight is 303 g/mol. The second kappa shape index (κ2) is 5.46. The van der Waals surface area contributed by atoms with E-state index in [0.29, 0.717) is 10.6 Å². The first-order valence-electron chi connectivity index (χ1n) is 5.78. The Hall–Kier alpha value is -2.52. The number of nitrogens with zero attached hydrogens (tertiary/aromatic N) is 4. The van der Waals surface area contributed by atoms with E-state index in [9.17, 15) is 18.0 Å². The Bertz CT molecular complexity index is 647. The van der Waals surface area contributed by atoms with Crippen molar-refractivity contribution in [1.82, 2.24) is 19.6 Å². The molecule has 2 aromatic rings. The van der Waals surface area contributed by atoms with E-state index in [4.69, 9.17) is 4.74 Å². The molecule has 0 radical (unpaired) electrons. The number of hydrogen-bond donors (Lipinski definition) is 1. The van der Waals surface area contributed by atoms with Gasteiger partial charge in [0, 0.05) is 19.3 Å². The van der Waals surface area contributed by atoms with Crippen LogP contribution in [0.4, 0.5) is 19.0 Å². The molecule has 0 saturated heterocycles. The summed E-state index contributed by atoms with van der Waals surface area (Å²) < 4.78 is 43.6. The minimum atomic E-state index is -4.39. The number of rotatable bonds is 4. The second-order valence-electron chi connectivity index (χ2n) is 4.16. The van der Waals surface area contributed by atoms with Gasteiger partial charge >= 0.3 is 6.18 Å². The molecule has 0 unspecified atom stereocenters. The SMILES string of the molecule is COc1cc(NC(=O)c2ccn(CC(F)(F)F)n2)nn1C. The van der Waals surface area contributed by atoms with Crippen molar-refractivity contribution in [3.63, 3.8) is 0 Å². The second-order valence-corrected chi connectivity index (χ2v) is 4.16. The van der Waals surface area contributed by atoms with Crippen molar-refractivity contribution < 1.29 is 22.7 Å². The maximum absolute atomic E-state index is 12.2. The van der Waals surface area contributed by atoms with Crippen LogP contribution in [0.1, 0.15) is 10.5 Å². The Morgan fingerprint density at radius 2 is 2.14 bits per heavy atom. The number of aromatic nitrogens is 4. The third kappa shape index (κ3) is 3.74. The fourth-order valence-electron chi connectivity index (χ4n) is 1.64. The lowest BCUT2D eigenvalue weighted by atomic mass is 10.4. The lowest BCUT2D eigenvalue weighted by molar-refractivity contribution is -0.142. The van der Waals surface area contributed by atoms with Crippen LogP contribution in [-0.2, 0) is 13.6 Å². The number of methoxy groups -OCH3 is 1. The molecule has 0 aromatic carbocycles. The van der Waals surface area contributed by atoms with Crippen LogP contribution < -0.4 is 10.1 Å². The molecule has 114 valence electrons. The maximum atomic E-state index is 12.2. The lowest BCUT2D eigenvalue weighted by Crippen LogP contribution is -2.19. The van der Waals surface area contributed by atoms with Crippen molar-refractivity contribution in [1.29, 1.82) is 0 Å². The molecule has 0 fully saturated rings. The van der Waals surface area contributed by atoms with Gasteiger partial charge in [0.15, 0.2) is 11.5 Å². The van der Waals surface area contributed by atoms with Crippen LogP contribution in [0.15, 0.2) is 18.3 Å². The van der Waals surface area contributed by atoms with E-state index in [2.05, 4.69) is 15.5 Å². The molecule has 21 heavy (non-hydrogen) atoms. The normalized spacial score (nSPS) is 11.5. The number of nitrogens with one attached hydrogen (secondary N) is 1. The molecular formula is C11H12F3N5O2. The van der Waals surface area contributed by atoms with E-state index in [1.165, 1.54) is 23.9 Å². The molecule has 2 rings (SSSR count). The molecule has 0 aliphatic carbocycles. The zero-order valence-electron chi connectivity index (χ0n) is 11.2. The van der Waals surface area contributed by atoms with Gasteiger partial charge in [0.1, 0.15) is 6.54 Å². The minimum Gasteiger partial charge on any atom is -0.481 e. The Morgan fingerprint density at radius 1 is 1.43 bits per heavy atom. The molecule has 0 bridgehead atoms. The predicted octanol–water partition coefficient (Wildman–Crippen LogP) is 1.44. The highest BCUT2D eigenvalue weighted by molar-refractivity contribution is 6.02. The summed E-state index contributed by atoms with van der Waals surface area (Å²) >= 11 is 0. The van der Waals surface area contributed by atoms with Crippen molar-refractivity contribution in [2.75, 3.05) is 12.4 Å². The molecule has 0 saturated carbocycles. The number of carbonyl (C=O) groups is 1. The summed E-state index contributed by atoms with van der Waals surface area (Å²) in [6.45, 7) is -1.25. The summed E-state index contributed by atoms with van der Waals surface area (Å²) in [7, 11) is 3.06. The van der Waals surface area contributed by atoms with Gasteiger partial charge in [-0.2, -0.15) is 23.4 Å². The Morgan fingerprint density at radius 3 is 2.71 bits per heavy atom. The summed E-state index contributed by atoms with van der Waals surface area (Å²) in [4.78, 5) is 11.8. The number of halogens is 3. The first kappa shape index (κ1) is 14.9. The van der Waals surface area contributed by atoms with Crippen LogP contribution in [0.2, 0.25) is 0 Å². The van der Waals surface area contributed by atoms with Crippen molar-refractivity contribution >= 4 is 11.7 Å². The average Bonchev–Trinajstić information content (AvgIpc) is 2.94. The number of aryl methyl sites for hydroxylation is 1. The van der Waals surface area contributed by atoms with Gasteiger partial charge in [0.25, 0.3) is 5.91 Å². The van der Waals surface area contributed by atoms with Crippen molar-refractivity contribution in [2.24, 2.45) is 7.05 Å². The monoisotopic (exact) mass is 303 g/mol. The van der Waals surface area contributed by atoms with Crippen LogP contribution in [-0.4, -0.2) is 38.8 Å². The van der Waals surface area contributed by atoms with Crippen molar-refractivity contribution in [2.45, 2.75) is 12.7 Å². The first-order valence-corrected chi connectivity index (χ1v) is 5.78. The first-order chi connectivity index (χ1) is 9.78. The number of ether oxygens (including phenoxy) is 1. The van der Waals surface area contributed by atoms with Gasteiger partial charge in [0.05, 0.1) is 7.11 Å². The van der Waals surface area contributed by atoms with Crippen LogP contribution in [0.5, 0.6) is 5.88 Å². The summed E-state index contributed by atoms with van der Waals surface area (Å²) in [5.74, 6) is -0.0192. The van der Waals surface area contributed by atoms with E-state index in [-0.39, 0.29) is 11.5 Å². The zero-order chi connectivity index (χ0) is 15.6. The van der Waals surface area contributed by atoms with Crippen LogP contribution >= 0.6 is 0 Å². The van der Waals surface area contributed by atoms with Gasteiger partial charge in [-0.1, -0.05) is 0 Å². The quantitative estimate of drug-likeness (QED) is 0.927. The predicted molar refractivity (Wildman–Crippen MR) is 66.0 cm³/mol. The number of amides is 1. The van der Waals surface area contributed by atoms with Crippen LogP contribution in [0.25, 0.3) is 0 Å². The van der Waals surface area contributed by atoms with E-state index in [1.54, 1.807) is 7.05 Å². The maximum Gasteiger partial charge on any atom is 0.408 e. The fraction of sp³-hybridized carbons (Fsp3) is 0.364. The van der Waals surface area contributed by atoms with E-state index < -0.39 is 18.6 Å². The smallest absolute Gasteiger partial charge is 0.408 e. The molecule has 0 aliphatic rings. The van der Waals surface area contributed by atoms with Gasteiger partial charge in [-0.15, -0.1) is 0 Å². The molecule has 0 aliphatic heterocycles. The minimum absolute atomic E-state index is 0.135. The summed E-state index contributed by atoms with van der Waals surface area (Å²) in [5, 5.41) is 9.94. The van der Waals surface area contributed by atoms with Gasteiger partial charge < -0.3 is 10.1 Å². The molecule has 2 heterocycles. The van der Waals surface area contributed by atoms with Crippen molar-refractivity contribution in [3.8, 4) is 5.88 Å². The van der Waals surface area contributed by atoms with Gasteiger partial charge in [-0.25, -0.2) is 4.68 Å². The Labute approximate surface area is 117 Å². The highest BCUT2D eigenvalue weighted by Crippen LogP contribution is 2.18. The highest BCUT2D eigenvalue weighted by atomic mass is 19.4. The van der Waals surface area contributed by atoms with Gasteiger partial charge in [-0.05, 0) is 6.07 Å². The van der Waals surface area contributed by atoms with Crippen LogP contribution in [0.3, 0.4) is 0 Å². The van der Waals surface area contributed by atoms with Crippen LogP contribution in [0, 0.1) is 0 Å². The Kier molecular flexibility index (Phi) is 3.87. The molecule has 0 spiro atoms. The largest absolute Gasteiger partial charge is 0.481 e. The lowest BCUT2D eigenvalue weighted by Gasteiger charge is -2.05. The standard InChI is InChI=1S/C11H12F3N5O2/c1-18-9(21-2)5-8(17-18)15-10(20)7-3-4-19(16-7)6-11(12,13)14/h3-5H,6H2,1-2H3,(H,15,17,20). The van der Waals surface area contributed by atoms with E-state index >= 15 is 0 Å². The van der Waals surface area contributed by atoms with Gasteiger partial charge in [0.2, 0.25) is 5.88 Å². The molecule has 1 N–H and O–H groups in total. The number of hydrogen-bond acceptors (Lipinski definition) is 4. The molecule has 2 aromatic heterocycles. The van der Waals surface area contributed by atoms with E-state index in [0.717, 1.165) is 6.20 Å². The fourth-order valence-corrected chi connectivity index (χ4v) is 1.64. The molecule has 10 heteroatoms. The number of anilines is 1. The zero-order valence-corrected chi connectivity index (χ0v) is 11.2. The van der Waals surface area contributed by atoms with E-state index in [1.807, 2.05) is 0 Å². The number of carbonyl (C=O) groups excluding carboxylic acids is 1. The van der Waals surface area contributed by atoms with Gasteiger partial charge in [-0.3, -0.25) is 9.48 Å². The molecular weight excluding hydrogens is 291 g/mol. The molecule has 1 amide bonds. The van der Waals surface area contributed by atoms with Crippen molar-refractivity contribution in [3.05, 3.63) is 24.0 Å². The third-order valence-corrected chi connectivity index (χ3v) is 2.50. The number of alkyl halides is 3. The topological polar surface area (TPSA) is 74.0 Å². The molecule has 7 nitrogen and oxygen atoms in total. The molecule has 0 atom stereocenters.